The molecule has 0 bridgehead atoms. The van der Waals surface area contributed by atoms with Gasteiger partial charge in [0.2, 0.25) is 5.88 Å². The summed E-state index contributed by atoms with van der Waals surface area (Å²) in [6.45, 7) is 2.05. The molecule has 0 aliphatic carbocycles. The van der Waals surface area contributed by atoms with E-state index in [0.717, 1.165) is 11.3 Å². The average Bonchev–Trinajstić information content (AvgIpc) is 2.79. The van der Waals surface area contributed by atoms with Crippen molar-refractivity contribution in [1.82, 2.24) is 4.98 Å². The van der Waals surface area contributed by atoms with Crippen LogP contribution in [0.4, 0.5) is 5.69 Å². The number of benzene rings is 1. The van der Waals surface area contributed by atoms with E-state index in [1.807, 2.05) is 12.1 Å². The molecule has 2 aromatic rings. The predicted molar refractivity (Wildman–Crippen MR) is 106 cm³/mol. The van der Waals surface area contributed by atoms with Crippen LogP contribution in [0.1, 0.15) is 30.6 Å². The van der Waals surface area contributed by atoms with Crippen LogP contribution in [-0.2, 0) is 14.3 Å². The molecule has 0 saturated carbocycles. The number of hydrogen-bond acceptors (Lipinski definition) is 6. The number of thiocarbonyl (C=S) groups is 1. The highest BCUT2D eigenvalue weighted by Gasteiger charge is 2.33. The molecular formula is C19H19ClN2O4S. The van der Waals surface area contributed by atoms with Gasteiger partial charge in [-0.25, -0.2) is 4.98 Å². The maximum absolute atomic E-state index is 12.0. The summed E-state index contributed by atoms with van der Waals surface area (Å²) in [5.41, 5.74) is 2.25. The number of carbonyl (C=O) groups is 1. The number of halogens is 1. The molecule has 0 amide bonds. The van der Waals surface area contributed by atoms with Gasteiger partial charge in [0.25, 0.3) is 0 Å². The van der Waals surface area contributed by atoms with Crippen LogP contribution in [0.3, 0.4) is 0 Å². The average molecular weight is 407 g/mol. The number of anilines is 1. The van der Waals surface area contributed by atoms with Gasteiger partial charge in [0.15, 0.2) is 0 Å². The number of aromatic nitrogens is 1. The van der Waals surface area contributed by atoms with Crippen LogP contribution in [0.25, 0.3) is 0 Å². The number of ether oxygens (including phenoxy) is 3. The highest BCUT2D eigenvalue weighted by Crippen LogP contribution is 2.40. The molecule has 1 N–H and O–H groups in total. The number of rotatable bonds is 5. The summed E-state index contributed by atoms with van der Waals surface area (Å²) >= 11 is 11.7. The standard InChI is InChI=1S/C19H19ClN2O4S/c1-3-25-16(23)10-15-19(27)22-14-7-6-11(20)9-13(14)17(26-15)12-5-4-8-21-18(12)24-2/h4-9,15,17H,3,10H2,1-2H3,(H,22,27). The lowest BCUT2D eigenvalue weighted by Crippen LogP contribution is -2.31. The van der Waals surface area contributed by atoms with Crippen LogP contribution in [0, 0.1) is 0 Å². The summed E-state index contributed by atoms with van der Waals surface area (Å²) in [5.74, 6) is 0.0451. The van der Waals surface area contributed by atoms with Gasteiger partial charge >= 0.3 is 5.97 Å². The van der Waals surface area contributed by atoms with Crippen LogP contribution in [-0.4, -0.2) is 35.8 Å². The Balaban J connectivity index is 2.05. The van der Waals surface area contributed by atoms with Crippen molar-refractivity contribution >= 4 is 40.5 Å². The summed E-state index contributed by atoms with van der Waals surface area (Å²) in [7, 11) is 1.54. The van der Waals surface area contributed by atoms with E-state index in [1.54, 1.807) is 38.4 Å². The Morgan fingerprint density at radius 1 is 1.37 bits per heavy atom. The van der Waals surface area contributed by atoms with Gasteiger partial charge in [-0.1, -0.05) is 23.8 Å². The van der Waals surface area contributed by atoms with Crippen LogP contribution in [0.15, 0.2) is 36.5 Å². The number of nitrogens with one attached hydrogen (secondary N) is 1. The molecule has 2 heterocycles. The second kappa shape index (κ2) is 8.65. The minimum atomic E-state index is -0.667. The quantitative estimate of drug-likeness (QED) is 0.596. The van der Waals surface area contributed by atoms with Crippen molar-refractivity contribution in [3.05, 3.63) is 52.7 Å². The largest absolute Gasteiger partial charge is 0.481 e. The Morgan fingerprint density at radius 3 is 2.93 bits per heavy atom. The Labute approximate surface area is 167 Å². The number of nitrogens with zero attached hydrogens (tertiary/aromatic N) is 1. The molecule has 1 aromatic heterocycles. The van der Waals surface area contributed by atoms with Crippen molar-refractivity contribution in [3.8, 4) is 5.88 Å². The van der Waals surface area contributed by atoms with E-state index in [0.29, 0.717) is 28.1 Å². The molecule has 2 atom stereocenters. The molecule has 3 rings (SSSR count). The number of fused-ring (bicyclic) bond motifs is 1. The van der Waals surface area contributed by atoms with Gasteiger partial charge in [0, 0.05) is 28.0 Å². The third kappa shape index (κ3) is 4.37. The van der Waals surface area contributed by atoms with E-state index in [2.05, 4.69) is 10.3 Å². The highest BCUT2D eigenvalue weighted by molar-refractivity contribution is 7.80. The smallest absolute Gasteiger partial charge is 0.308 e. The van der Waals surface area contributed by atoms with Gasteiger partial charge in [-0.2, -0.15) is 0 Å². The fraction of sp³-hybridized carbons (Fsp3) is 0.316. The van der Waals surface area contributed by atoms with Crippen LogP contribution in [0.2, 0.25) is 5.02 Å². The fourth-order valence-electron chi connectivity index (χ4n) is 2.90. The SMILES string of the molecule is CCOC(=O)CC1OC(c2cccnc2OC)c2cc(Cl)ccc2NC1=S. The molecule has 0 radical (unpaired) electrons. The molecule has 142 valence electrons. The van der Waals surface area contributed by atoms with Gasteiger partial charge in [0.05, 0.1) is 20.1 Å². The molecule has 1 aromatic carbocycles. The topological polar surface area (TPSA) is 69.7 Å². The minimum Gasteiger partial charge on any atom is -0.481 e. The summed E-state index contributed by atoms with van der Waals surface area (Å²) in [6, 6.07) is 9.05. The highest BCUT2D eigenvalue weighted by atomic mass is 35.5. The molecule has 27 heavy (non-hydrogen) atoms. The first-order chi connectivity index (χ1) is 13.0. The molecule has 1 aliphatic heterocycles. The van der Waals surface area contributed by atoms with Crippen LogP contribution >= 0.6 is 23.8 Å². The van der Waals surface area contributed by atoms with Gasteiger partial charge < -0.3 is 19.5 Å². The molecule has 1 aliphatic rings. The zero-order valence-electron chi connectivity index (χ0n) is 14.9. The van der Waals surface area contributed by atoms with Crippen molar-refractivity contribution in [2.45, 2.75) is 25.6 Å². The molecule has 0 spiro atoms. The maximum atomic E-state index is 12.0. The Bertz CT molecular complexity index is 861. The lowest BCUT2D eigenvalue weighted by atomic mass is 10.0. The minimum absolute atomic E-state index is 0.000468. The Morgan fingerprint density at radius 2 is 2.19 bits per heavy atom. The molecule has 0 fully saturated rings. The Hall–Kier alpha value is -2.22. The van der Waals surface area contributed by atoms with Crippen molar-refractivity contribution in [1.29, 1.82) is 0 Å². The number of carbonyl (C=O) groups excluding carboxylic acids is 1. The summed E-state index contributed by atoms with van der Waals surface area (Å²) < 4.78 is 16.7. The normalized spacial score (nSPS) is 18.9. The van der Waals surface area contributed by atoms with Gasteiger partial charge in [0.1, 0.15) is 17.2 Å². The molecule has 6 nitrogen and oxygen atoms in total. The molecule has 8 heteroatoms. The van der Waals surface area contributed by atoms with Gasteiger partial charge in [-0.05, 0) is 37.3 Å². The fourth-order valence-corrected chi connectivity index (χ4v) is 3.33. The van der Waals surface area contributed by atoms with Crippen molar-refractivity contribution < 1.29 is 19.0 Å². The monoisotopic (exact) mass is 406 g/mol. The number of pyridine rings is 1. The lowest BCUT2D eigenvalue weighted by Gasteiger charge is -2.23. The zero-order valence-corrected chi connectivity index (χ0v) is 16.5. The van der Waals surface area contributed by atoms with E-state index >= 15 is 0 Å². The molecular weight excluding hydrogens is 388 g/mol. The van der Waals surface area contributed by atoms with Crippen molar-refractivity contribution in [2.75, 3.05) is 19.0 Å². The van der Waals surface area contributed by atoms with Gasteiger partial charge in [-0.3, -0.25) is 4.79 Å². The third-order valence-electron chi connectivity index (χ3n) is 4.08. The van der Waals surface area contributed by atoms with Gasteiger partial charge in [-0.15, -0.1) is 0 Å². The summed E-state index contributed by atoms with van der Waals surface area (Å²) in [6.07, 6.45) is 0.395. The summed E-state index contributed by atoms with van der Waals surface area (Å²) in [5, 5.41) is 3.72. The number of methoxy groups -OCH3 is 1. The van der Waals surface area contributed by atoms with Crippen molar-refractivity contribution in [3.63, 3.8) is 0 Å². The second-order valence-electron chi connectivity index (χ2n) is 5.84. The first-order valence-electron chi connectivity index (χ1n) is 8.43. The first kappa shape index (κ1) is 19.5. The maximum Gasteiger partial charge on any atom is 0.308 e. The first-order valence-corrected chi connectivity index (χ1v) is 9.22. The zero-order chi connectivity index (χ0) is 19.4. The number of esters is 1. The van der Waals surface area contributed by atoms with Crippen LogP contribution < -0.4 is 10.1 Å². The Kier molecular flexibility index (Phi) is 6.26. The summed E-state index contributed by atoms with van der Waals surface area (Å²) in [4.78, 5) is 16.7. The van der Waals surface area contributed by atoms with E-state index in [9.17, 15) is 4.79 Å². The molecule has 2 unspecified atom stereocenters. The molecule has 0 saturated heterocycles. The van der Waals surface area contributed by atoms with Crippen molar-refractivity contribution in [2.24, 2.45) is 0 Å². The third-order valence-corrected chi connectivity index (χ3v) is 4.68. The second-order valence-corrected chi connectivity index (χ2v) is 6.71. The van der Waals surface area contributed by atoms with Crippen LogP contribution in [0.5, 0.6) is 5.88 Å². The number of hydrogen-bond donors (Lipinski definition) is 1. The predicted octanol–water partition coefficient (Wildman–Crippen LogP) is 3.92. The van der Waals surface area contributed by atoms with E-state index in [1.165, 1.54) is 0 Å². The van der Waals surface area contributed by atoms with E-state index in [-0.39, 0.29) is 12.4 Å². The van der Waals surface area contributed by atoms with E-state index < -0.39 is 12.2 Å². The van der Waals surface area contributed by atoms with E-state index in [4.69, 9.17) is 38.0 Å². The lowest BCUT2D eigenvalue weighted by molar-refractivity contribution is -0.145.